The molecule has 1 aliphatic rings. The molecule has 0 bridgehead atoms. The van der Waals surface area contributed by atoms with Gasteiger partial charge in [-0.1, -0.05) is 13.8 Å². The molecule has 0 atom stereocenters. The van der Waals surface area contributed by atoms with Gasteiger partial charge in [0.05, 0.1) is 4.90 Å². The molecule has 0 amide bonds. The van der Waals surface area contributed by atoms with E-state index in [-0.39, 0.29) is 14.8 Å². The summed E-state index contributed by atoms with van der Waals surface area (Å²) in [6.07, 6.45) is 1.87. The van der Waals surface area contributed by atoms with Crippen molar-refractivity contribution in [3.63, 3.8) is 0 Å². The third-order valence-corrected chi connectivity index (χ3v) is 6.20. The second kappa shape index (κ2) is 5.14. The van der Waals surface area contributed by atoms with Crippen molar-refractivity contribution in [3.8, 4) is 0 Å². The average Bonchev–Trinajstić information content (AvgIpc) is 2.27. The van der Waals surface area contributed by atoms with Gasteiger partial charge in [-0.15, -0.1) is 0 Å². The van der Waals surface area contributed by atoms with Crippen LogP contribution in [0.3, 0.4) is 0 Å². The van der Waals surface area contributed by atoms with Gasteiger partial charge in [-0.25, -0.2) is 12.8 Å². The van der Waals surface area contributed by atoms with Crippen molar-refractivity contribution in [2.75, 3.05) is 13.1 Å². The lowest BCUT2D eigenvalue weighted by molar-refractivity contribution is 0.187. The van der Waals surface area contributed by atoms with Crippen LogP contribution in [0, 0.1) is 11.2 Å². The monoisotopic (exact) mass is 349 g/mol. The SMILES string of the molecule is CC1(C)CCCN(S(=O)(=O)c2ccc(F)cc2Br)C1. The summed E-state index contributed by atoms with van der Waals surface area (Å²) in [7, 11) is -3.56. The lowest BCUT2D eigenvalue weighted by Crippen LogP contribution is -2.43. The highest BCUT2D eigenvalue weighted by Crippen LogP contribution is 2.33. The van der Waals surface area contributed by atoms with E-state index in [4.69, 9.17) is 0 Å². The Kier molecular flexibility index (Phi) is 4.05. The molecule has 0 unspecified atom stereocenters. The van der Waals surface area contributed by atoms with E-state index in [1.165, 1.54) is 22.5 Å². The quantitative estimate of drug-likeness (QED) is 0.820. The first-order valence-corrected chi connectivity index (χ1v) is 8.41. The molecular formula is C13H17BrFNO2S. The first-order chi connectivity index (χ1) is 8.72. The van der Waals surface area contributed by atoms with E-state index in [1.54, 1.807) is 0 Å². The van der Waals surface area contributed by atoms with Gasteiger partial charge in [0.15, 0.2) is 0 Å². The van der Waals surface area contributed by atoms with Crippen molar-refractivity contribution in [3.05, 3.63) is 28.5 Å². The Morgan fingerprint density at radius 2 is 2.05 bits per heavy atom. The molecule has 3 nitrogen and oxygen atoms in total. The van der Waals surface area contributed by atoms with Crippen molar-refractivity contribution in [2.45, 2.75) is 31.6 Å². The van der Waals surface area contributed by atoms with Crippen molar-refractivity contribution < 1.29 is 12.8 Å². The van der Waals surface area contributed by atoms with Crippen LogP contribution in [0.1, 0.15) is 26.7 Å². The molecule has 0 spiro atoms. The number of sulfonamides is 1. The van der Waals surface area contributed by atoms with Crippen LogP contribution in [0.2, 0.25) is 0 Å². The zero-order valence-corrected chi connectivity index (χ0v) is 13.4. The van der Waals surface area contributed by atoms with Gasteiger partial charge in [-0.05, 0) is 52.4 Å². The summed E-state index contributed by atoms with van der Waals surface area (Å²) in [5.74, 6) is -0.454. The van der Waals surface area contributed by atoms with E-state index in [2.05, 4.69) is 29.8 Å². The molecule has 0 aromatic heterocycles. The summed E-state index contributed by atoms with van der Waals surface area (Å²) in [4.78, 5) is 0.131. The molecule has 1 fully saturated rings. The van der Waals surface area contributed by atoms with Crippen molar-refractivity contribution in [1.29, 1.82) is 0 Å². The lowest BCUT2D eigenvalue weighted by Gasteiger charge is -2.37. The van der Waals surface area contributed by atoms with E-state index >= 15 is 0 Å². The molecule has 0 aliphatic carbocycles. The van der Waals surface area contributed by atoms with Crippen LogP contribution >= 0.6 is 15.9 Å². The third kappa shape index (κ3) is 3.17. The highest BCUT2D eigenvalue weighted by Gasteiger charge is 2.34. The van der Waals surface area contributed by atoms with Crippen LogP contribution in [0.5, 0.6) is 0 Å². The van der Waals surface area contributed by atoms with Crippen LogP contribution in [0.25, 0.3) is 0 Å². The minimum Gasteiger partial charge on any atom is -0.207 e. The number of hydrogen-bond acceptors (Lipinski definition) is 2. The smallest absolute Gasteiger partial charge is 0.207 e. The summed E-state index contributed by atoms with van der Waals surface area (Å²) in [6, 6.07) is 3.67. The van der Waals surface area contributed by atoms with Crippen molar-refractivity contribution >= 4 is 26.0 Å². The number of halogens is 2. The largest absolute Gasteiger partial charge is 0.244 e. The van der Waals surface area contributed by atoms with E-state index in [0.717, 1.165) is 12.8 Å². The van der Waals surface area contributed by atoms with Crippen molar-refractivity contribution in [1.82, 2.24) is 4.31 Å². The number of rotatable bonds is 2. The van der Waals surface area contributed by atoms with Crippen LogP contribution in [-0.4, -0.2) is 25.8 Å². The predicted molar refractivity (Wildman–Crippen MR) is 75.9 cm³/mol. The highest BCUT2D eigenvalue weighted by molar-refractivity contribution is 9.10. The van der Waals surface area contributed by atoms with Gasteiger partial charge in [0, 0.05) is 17.6 Å². The van der Waals surface area contributed by atoms with Gasteiger partial charge in [0.2, 0.25) is 10.0 Å². The molecule has 1 saturated heterocycles. The maximum Gasteiger partial charge on any atom is 0.244 e. The van der Waals surface area contributed by atoms with E-state index < -0.39 is 15.8 Å². The molecule has 0 N–H and O–H groups in total. The molecule has 1 heterocycles. The summed E-state index contributed by atoms with van der Waals surface area (Å²) >= 11 is 3.13. The molecule has 1 aliphatic heterocycles. The molecule has 0 saturated carbocycles. The fourth-order valence-electron chi connectivity index (χ4n) is 2.40. The Morgan fingerprint density at radius 1 is 1.37 bits per heavy atom. The van der Waals surface area contributed by atoms with Crippen LogP contribution in [-0.2, 0) is 10.0 Å². The zero-order chi connectivity index (χ0) is 14.3. The molecule has 0 radical (unpaired) electrons. The Labute approximate surface area is 122 Å². The fraction of sp³-hybridized carbons (Fsp3) is 0.538. The maximum absolute atomic E-state index is 13.1. The lowest BCUT2D eigenvalue weighted by atomic mass is 9.85. The van der Waals surface area contributed by atoms with Gasteiger partial charge in [-0.3, -0.25) is 0 Å². The third-order valence-electron chi connectivity index (χ3n) is 3.38. The van der Waals surface area contributed by atoms with E-state index in [0.29, 0.717) is 13.1 Å². The molecule has 106 valence electrons. The molecular weight excluding hydrogens is 333 g/mol. The Bertz CT molecular complexity index is 586. The molecule has 6 heteroatoms. The van der Waals surface area contributed by atoms with Gasteiger partial charge in [0.1, 0.15) is 5.82 Å². The number of piperidine rings is 1. The van der Waals surface area contributed by atoms with Gasteiger partial charge in [-0.2, -0.15) is 4.31 Å². The molecule has 19 heavy (non-hydrogen) atoms. The number of hydrogen-bond donors (Lipinski definition) is 0. The Hall–Kier alpha value is -0.460. The summed E-state index contributed by atoms with van der Waals surface area (Å²) in [6.45, 7) is 5.15. The minimum atomic E-state index is -3.56. The van der Waals surface area contributed by atoms with Crippen LogP contribution < -0.4 is 0 Å². The number of benzene rings is 1. The maximum atomic E-state index is 13.1. The molecule has 1 aromatic carbocycles. The first kappa shape index (κ1) is 14.9. The topological polar surface area (TPSA) is 37.4 Å². The van der Waals surface area contributed by atoms with E-state index in [1.807, 2.05) is 0 Å². The minimum absolute atomic E-state index is 0.0160. The normalized spacial score (nSPS) is 20.4. The summed E-state index contributed by atoms with van der Waals surface area (Å²) in [5.41, 5.74) is -0.0160. The standard InChI is InChI=1S/C13H17BrFNO2S/c1-13(2)6-3-7-16(9-13)19(17,18)12-5-4-10(15)8-11(12)14/h4-5,8H,3,6-7,9H2,1-2H3. The zero-order valence-electron chi connectivity index (χ0n) is 11.0. The van der Waals surface area contributed by atoms with E-state index in [9.17, 15) is 12.8 Å². The highest BCUT2D eigenvalue weighted by atomic mass is 79.9. The fourth-order valence-corrected chi connectivity index (χ4v) is 5.08. The van der Waals surface area contributed by atoms with Gasteiger partial charge >= 0.3 is 0 Å². The second-order valence-corrected chi connectivity index (χ2v) is 8.44. The molecule has 1 aromatic rings. The number of nitrogens with zero attached hydrogens (tertiary/aromatic N) is 1. The summed E-state index contributed by atoms with van der Waals surface area (Å²) < 4.78 is 40.0. The van der Waals surface area contributed by atoms with Crippen molar-refractivity contribution in [2.24, 2.45) is 5.41 Å². The summed E-state index contributed by atoms with van der Waals surface area (Å²) in [5, 5.41) is 0. The Balaban J connectivity index is 2.37. The average molecular weight is 350 g/mol. The predicted octanol–water partition coefficient (Wildman–Crippen LogP) is 3.40. The van der Waals surface area contributed by atoms with Crippen LogP contribution in [0.15, 0.2) is 27.6 Å². The second-order valence-electron chi connectivity index (χ2n) is 5.68. The first-order valence-electron chi connectivity index (χ1n) is 6.18. The van der Waals surface area contributed by atoms with Gasteiger partial charge in [0.25, 0.3) is 0 Å². The van der Waals surface area contributed by atoms with Gasteiger partial charge < -0.3 is 0 Å². The molecule has 2 rings (SSSR count). The van der Waals surface area contributed by atoms with Crippen LogP contribution in [0.4, 0.5) is 4.39 Å². The Morgan fingerprint density at radius 3 is 2.63 bits per heavy atom.